The molecule has 0 heterocycles. The molecule has 0 bridgehead atoms. The van der Waals surface area contributed by atoms with Gasteiger partial charge < -0.3 is 5.32 Å². The predicted octanol–water partition coefficient (Wildman–Crippen LogP) is 3.46. The molecule has 1 nitrogen and oxygen atoms in total. The quantitative estimate of drug-likeness (QED) is 0.741. The van der Waals surface area contributed by atoms with Crippen LogP contribution in [0, 0.1) is 6.92 Å². The standard InChI is InChI=1S/C12H17N/c1-4-6-11-8-7-10(3)12(9-11)13-5-2/h4,6-9,13H,5H2,1-3H3/b6-4+. The van der Waals surface area contributed by atoms with Gasteiger partial charge in [-0.2, -0.15) is 0 Å². The Morgan fingerprint density at radius 1 is 1.38 bits per heavy atom. The molecule has 0 radical (unpaired) electrons. The number of rotatable bonds is 3. The lowest BCUT2D eigenvalue weighted by molar-refractivity contribution is 1.20. The zero-order valence-electron chi connectivity index (χ0n) is 8.59. The smallest absolute Gasteiger partial charge is 0.0375 e. The summed E-state index contributed by atoms with van der Waals surface area (Å²) in [6.07, 6.45) is 4.17. The van der Waals surface area contributed by atoms with Crippen LogP contribution in [0.3, 0.4) is 0 Å². The van der Waals surface area contributed by atoms with Gasteiger partial charge in [0.2, 0.25) is 0 Å². The molecule has 1 N–H and O–H groups in total. The van der Waals surface area contributed by atoms with Crippen molar-refractivity contribution in [3.8, 4) is 0 Å². The maximum absolute atomic E-state index is 3.34. The van der Waals surface area contributed by atoms with E-state index in [9.17, 15) is 0 Å². The number of nitrogens with one attached hydrogen (secondary N) is 1. The van der Waals surface area contributed by atoms with Crippen LogP contribution >= 0.6 is 0 Å². The highest BCUT2D eigenvalue weighted by atomic mass is 14.9. The van der Waals surface area contributed by atoms with Gasteiger partial charge in [-0.3, -0.25) is 0 Å². The number of aryl methyl sites for hydroxylation is 1. The van der Waals surface area contributed by atoms with Crippen molar-refractivity contribution in [2.75, 3.05) is 11.9 Å². The van der Waals surface area contributed by atoms with Gasteiger partial charge in [0.1, 0.15) is 0 Å². The molecule has 0 fully saturated rings. The Morgan fingerprint density at radius 2 is 2.15 bits per heavy atom. The van der Waals surface area contributed by atoms with Crippen LogP contribution in [-0.2, 0) is 0 Å². The molecule has 0 amide bonds. The third kappa shape index (κ3) is 2.62. The van der Waals surface area contributed by atoms with Gasteiger partial charge in [-0.1, -0.05) is 24.3 Å². The molecule has 1 rings (SSSR count). The summed E-state index contributed by atoms with van der Waals surface area (Å²) >= 11 is 0. The second-order valence-electron chi connectivity index (χ2n) is 3.10. The van der Waals surface area contributed by atoms with E-state index in [2.05, 4.69) is 49.5 Å². The zero-order valence-corrected chi connectivity index (χ0v) is 8.59. The first-order valence-corrected chi connectivity index (χ1v) is 4.75. The lowest BCUT2D eigenvalue weighted by atomic mass is 10.1. The molecule has 0 aromatic heterocycles. The van der Waals surface area contributed by atoms with Crippen LogP contribution < -0.4 is 5.32 Å². The van der Waals surface area contributed by atoms with Crippen molar-refractivity contribution in [3.63, 3.8) is 0 Å². The maximum Gasteiger partial charge on any atom is 0.0375 e. The number of allylic oxidation sites excluding steroid dienone is 1. The van der Waals surface area contributed by atoms with Crippen LogP contribution in [0.25, 0.3) is 6.08 Å². The minimum absolute atomic E-state index is 0.972. The first kappa shape index (κ1) is 9.85. The van der Waals surface area contributed by atoms with Crippen LogP contribution in [0.4, 0.5) is 5.69 Å². The van der Waals surface area contributed by atoms with Crippen LogP contribution in [0.5, 0.6) is 0 Å². The Labute approximate surface area is 80.5 Å². The van der Waals surface area contributed by atoms with E-state index in [0.717, 1.165) is 6.54 Å². The van der Waals surface area contributed by atoms with E-state index in [0.29, 0.717) is 0 Å². The molecule has 0 atom stereocenters. The van der Waals surface area contributed by atoms with Gasteiger partial charge in [0.15, 0.2) is 0 Å². The molecule has 0 saturated carbocycles. The van der Waals surface area contributed by atoms with Gasteiger partial charge in [-0.05, 0) is 38.0 Å². The summed E-state index contributed by atoms with van der Waals surface area (Å²) < 4.78 is 0. The molecule has 1 aromatic carbocycles. The first-order chi connectivity index (χ1) is 6.27. The van der Waals surface area contributed by atoms with E-state index in [1.807, 2.05) is 6.92 Å². The third-order valence-corrected chi connectivity index (χ3v) is 1.99. The van der Waals surface area contributed by atoms with Crippen molar-refractivity contribution >= 4 is 11.8 Å². The Kier molecular flexibility index (Phi) is 3.56. The van der Waals surface area contributed by atoms with Gasteiger partial charge in [0, 0.05) is 12.2 Å². The molecule has 0 aliphatic heterocycles. The first-order valence-electron chi connectivity index (χ1n) is 4.75. The Morgan fingerprint density at radius 3 is 2.77 bits per heavy atom. The van der Waals surface area contributed by atoms with E-state index in [1.165, 1.54) is 16.8 Å². The van der Waals surface area contributed by atoms with Crippen LogP contribution in [0.15, 0.2) is 24.3 Å². The fraction of sp³-hybridized carbons (Fsp3) is 0.333. The fourth-order valence-corrected chi connectivity index (χ4v) is 1.32. The molecule has 1 aromatic rings. The Bertz CT molecular complexity index is 300. The van der Waals surface area contributed by atoms with Gasteiger partial charge in [0.25, 0.3) is 0 Å². The second kappa shape index (κ2) is 4.70. The lowest BCUT2D eigenvalue weighted by Gasteiger charge is -2.07. The van der Waals surface area contributed by atoms with Crippen molar-refractivity contribution in [1.29, 1.82) is 0 Å². The van der Waals surface area contributed by atoms with Crippen molar-refractivity contribution in [1.82, 2.24) is 0 Å². The minimum Gasteiger partial charge on any atom is -0.385 e. The fourth-order valence-electron chi connectivity index (χ4n) is 1.32. The number of hydrogen-bond acceptors (Lipinski definition) is 1. The minimum atomic E-state index is 0.972. The van der Waals surface area contributed by atoms with Crippen LogP contribution in [0.2, 0.25) is 0 Å². The van der Waals surface area contributed by atoms with Crippen LogP contribution in [-0.4, -0.2) is 6.54 Å². The largest absolute Gasteiger partial charge is 0.385 e. The highest BCUT2D eigenvalue weighted by molar-refractivity contribution is 5.60. The van der Waals surface area contributed by atoms with Crippen molar-refractivity contribution in [3.05, 3.63) is 35.4 Å². The third-order valence-electron chi connectivity index (χ3n) is 1.99. The van der Waals surface area contributed by atoms with Crippen LogP contribution in [0.1, 0.15) is 25.0 Å². The SMILES string of the molecule is C/C=C/c1ccc(C)c(NCC)c1. The topological polar surface area (TPSA) is 12.0 Å². The molecular formula is C12H17N. The second-order valence-corrected chi connectivity index (χ2v) is 3.10. The summed E-state index contributed by atoms with van der Waals surface area (Å²) in [4.78, 5) is 0. The Balaban J connectivity index is 2.96. The van der Waals surface area contributed by atoms with Gasteiger partial charge in [-0.25, -0.2) is 0 Å². The summed E-state index contributed by atoms with van der Waals surface area (Å²) in [5.74, 6) is 0. The molecule has 13 heavy (non-hydrogen) atoms. The van der Waals surface area contributed by atoms with Gasteiger partial charge in [0.05, 0.1) is 0 Å². The van der Waals surface area contributed by atoms with Crippen molar-refractivity contribution in [2.24, 2.45) is 0 Å². The molecular weight excluding hydrogens is 158 g/mol. The van der Waals surface area contributed by atoms with Gasteiger partial charge in [-0.15, -0.1) is 0 Å². The summed E-state index contributed by atoms with van der Waals surface area (Å²) in [7, 11) is 0. The number of hydrogen-bond donors (Lipinski definition) is 1. The average molecular weight is 175 g/mol. The highest BCUT2D eigenvalue weighted by Gasteiger charge is 1.96. The number of anilines is 1. The predicted molar refractivity (Wildman–Crippen MR) is 60.1 cm³/mol. The van der Waals surface area contributed by atoms with E-state index in [4.69, 9.17) is 0 Å². The van der Waals surface area contributed by atoms with E-state index in [-0.39, 0.29) is 0 Å². The summed E-state index contributed by atoms with van der Waals surface area (Å²) in [5.41, 5.74) is 3.79. The average Bonchev–Trinajstić information content (AvgIpc) is 2.12. The molecule has 0 aliphatic rings. The normalized spacial score (nSPS) is 10.7. The van der Waals surface area contributed by atoms with E-state index >= 15 is 0 Å². The van der Waals surface area contributed by atoms with E-state index in [1.54, 1.807) is 0 Å². The molecule has 0 unspecified atom stereocenters. The highest BCUT2D eigenvalue weighted by Crippen LogP contribution is 2.17. The molecule has 0 spiro atoms. The monoisotopic (exact) mass is 175 g/mol. The summed E-state index contributed by atoms with van der Waals surface area (Å²) in [6.45, 7) is 7.24. The maximum atomic E-state index is 3.34. The summed E-state index contributed by atoms with van der Waals surface area (Å²) in [5, 5.41) is 3.34. The molecule has 1 heteroatoms. The zero-order chi connectivity index (χ0) is 9.68. The Hall–Kier alpha value is -1.24. The molecule has 0 saturated heterocycles. The molecule has 70 valence electrons. The lowest BCUT2D eigenvalue weighted by Crippen LogP contribution is -1.98. The van der Waals surface area contributed by atoms with E-state index < -0.39 is 0 Å². The van der Waals surface area contributed by atoms with Crippen molar-refractivity contribution < 1.29 is 0 Å². The molecule has 0 aliphatic carbocycles. The van der Waals surface area contributed by atoms with Gasteiger partial charge >= 0.3 is 0 Å². The number of benzene rings is 1. The summed E-state index contributed by atoms with van der Waals surface area (Å²) in [6, 6.07) is 6.46. The van der Waals surface area contributed by atoms with Crippen molar-refractivity contribution in [2.45, 2.75) is 20.8 Å².